The fourth-order valence-corrected chi connectivity index (χ4v) is 3.68. The second-order valence-electron chi connectivity index (χ2n) is 5.00. The quantitative estimate of drug-likeness (QED) is 0.811. The molecule has 1 aliphatic heterocycles. The van der Waals surface area contributed by atoms with E-state index in [0.29, 0.717) is 13.1 Å². The summed E-state index contributed by atoms with van der Waals surface area (Å²) in [6, 6.07) is 5.16. The monoisotopic (exact) mass is 315 g/mol. The molecule has 0 bridgehead atoms. The number of benzene rings is 1. The minimum atomic E-state index is -3.86. The molecule has 0 radical (unpaired) electrons. The molecule has 1 aliphatic rings. The van der Waals surface area contributed by atoms with Crippen molar-refractivity contribution in [2.45, 2.75) is 4.90 Å². The number of hydrogen-bond acceptors (Lipinski definition) is 3. The van der Waals surface area contributed by atoms with Gasteiger partial charge in [-0.1, -0.05) is 12.1 Å². The van der Waals surface area contributed by atoms with Crippen molar-refractivity contribution in [1.29, 1.82) is 0 Å². The van der Waals surface area contributed by atoms with Crippen LogP contribution < -0.4 is 0 Å². The van der Waals surface area contributed by atoms with Gasteiger partial charge < -0.3 is 9.80 Å². The Hall–Kier alpha value is -1.67. The molecule has 1 fully saturated rings. The highest BCUT2D eigenvalue weighted by Gasteiger charge is 2.31. The van der Waals surface area contributed by atoms with E-state index < -0.39 is 15.8 Å². The van der Waals surface area contributed by atoms with Crippen LogP contribution in [0.2, 0.25) is 0 Å². The van der Waals surface area contributed by atoms with E-state index in [1.165, 1.54) is 27.4 Å². The zero-order valence-corrected chi connectivity index (χ0v) is 12.8. The standard InChI is InChI=1S/C13H18FN3O3S/c1-15(2)13(18)16-7-9-17(10-8-16)21(19,20)12-6-4-3-5-11(12)14/h3-6H,7-10H2,1-2H3. The minimum Gasteiger partial charge on any atom is -0.331 e. The molecular formula is C13H18FN3O3S. The molecule has 0 aliphatic carbocycles. The number of nitrogens with zero attached hydrogens (tertiary/aromatic N) is 3. The van der Waals surface area contributed by atoms with Crippen LogP contribution in [0.1, 0.15) is 0 Å². The Balaban J connectivity index is 2.12. The molecule has 2 rings (SSSR count). The summed E-state index contributed by atoms with van der Waals surface area (Å²) in [5.41, 5.74) is 0. The summed E-state index contributed by atoms with van der Waals surface area (Å²) in [4.78, 5) is 14.5. The lowest BCUT2D eigenvalue weighted by Crippen LogP contribution is -2.52. The van der Waals surface area contributed by atoms with Gasteiger partial charge in [0.15, 0.2) is 0 Å². The van der Waals surface area contributed by atoms with Crippen LogP contribution in [0.4, 0.5) is 9.18 Å². The molecule has 0 saturated carbocycles. The van der Waals surface area contributed by atoms with Crippen LogP contribution in [0, 0.1) is 5.82 Å². The highest BCUT2D eigenvalue weighted by atomic mass is 32.2. The molecule has 8 heteroatoms. The molecule has 1 saturated heterocycles. The van der Waals surface area contributed by atoms with Crippen molar-refractivity contribution >= 4 is 16.1 Å². The first-order valence-corrected chi connectivity index (χ1v) is 7.99. The van der Waals surface area contributed by atoms with Gasteiger partial charge in [0.25, 0.3) is 0 Å². The summed E-state index contributed by atoms with van der Waals surface area (Å²) < 4.78 is 39.7. The van der Waals surface area contributed by atoms with Crippen molar-refractivity contribution in [2.24, 2.45) is 0 Å². The highest BCUT2D eigenvalue weighted by molar-refractivity contribution is 7.89. The fraction of sp³-hybridized carbons (Fsp3) is 0.462. The summed E-state index contributed by atoms with van der Waals surface area (Å²) in [5.74, 6) is -0.760. The van der Waals surface area contributed by atoms with Gasteiger partial charge in [0, 0.05) is 40.3 Å². The number of amides is 2. The Morgan fingerprint density at radius 1 is 1.14 bits per heavy atom. The van der Waals surface area contributed by atoms with Crippen molar-refractivity contribution in [3.8, 4) is 0 Å². The number of carbonyl (C=O) groups excluding carboxylic acids is 1. The van der Waals surface area contributed by atoms with Gasteiger partial charge in [-0.25, -0.2) is 17.6 Å². The first-order chi connectivity index (χ1) is 9.84. The molecule has 2 amide bonds. The van der Waals surface area contributed by atoms with Crippen LogP contribution in [0.3, 0.4) is 0 Å². The number of sulfonamides is 1. The molecule has 116 valence electrons. The van der Waals surface area contributed by atoms with E-state index in [9.17, 15) is 17.6 Å². The summed E-state index contributed by atoms with van der Waals surface area (Å²) >= 11 is 0. The summed E-state index contributed by atoms with van der Waals surface area (Å²) in [7, 11) is -0.568. The van der Waals surface area contributed by atoms with Crippen molar-refractivity contribution < 1.29 is 17.6 Å². The molecule has 0 aromatic heterocycles. The average Bonchev–Trinajstić information content (AvgIpc) is 2.46. The number of urea groups is 1. The van der Waals surface area contributed by atoms with Crippen LogP contribution in [0.5, 0.6) is 0 Å². The lowest BCUT2D eigenvalue weighted by molar-refractivity contribution is 0.149. The van der Waals surface area contributed by atoms with Crippen LogP contribution >= 0.6 is 0 Å². The topological polar surface area (TPSA) is 60.9 Å². The smallest absolute Gasteiger partial charge is 0.319 e. The van der Waals surface area contributed by atoms with Gasteiger partial charge in [0.1, 0.15) is 10.7 Å². The molecule has 1 heterocycles. The van der Waals surface area contributed by atoms with Crippen molar-refractivity contribution in [2.75, 3.05) is 40.3 Å². The SMILES string of the molecule is CN(C)C(=O)N1CCN(S(=O)(=O)c2ccccc2F)CC1. The van der Waals surface area contributed by atoms with Gasteiger partial charge in [0.2, 0.25) is 10.0 Å². The fourth-order valence-electron chi connectivity index (χ4n) is 2.20. The Kier molecular flexibility index (Phi) is 4.48. The van der Waals surface area contributed by atoms with E-state index >= 15 is 0 Å². The maximum atomic E-state index is 13.7. The van der Waals surface area contributed by atoms with Crippen LogP contribution in [-0.4, -0.2) is 68.8 Å². The second-order valence-corrected chi connectivity index (χ2v) is 6.90. The third-order valence-corrected chi connectivity index (χ3v) is 5.28. The zero-order chi connectivity index (χ0) is 15.6. The highest BCUT2D eigenvalue weighted by Crippen LogP contribution is 2.20. The van der Waals surface area contributed by atoms with Crippen molar-refractivity contribution in [3.63, 3.8) is 0 Å². The predicted octanol–water partition coefficient (Wildman–Crippen LogP) is 0.814. The summed E-state index contributed by atoms with van der Waals surface area (Å²) in [5, 5.41) is 0. The van der Waals surface area contributed by atoms with Crippen LogP contribution in [0.15, 0.2) is 29.2 Å². The van der Waals surface area contributed by atoms with E-state index in [-0.39, 0.29) is 24.0 Å². The predicted molar refractivity (Wildman–Crippen MR) is 75.8 cm³/mol. The molecule has 0 spiro atoms. The molecule has 1 aromatic carbocycles. The first kappa shape index (κ1) is 15.7. The first-order valence-electron chi connectivity index (χ1n) is 6.55. The Labute approximate surface area is 123 Å². The Morgan fingerprint density at radius 3 is 2.24 bits per heavy atom. The molecule has 21 heavy (non-hydrogen) atoms. The van der Waals surface area contributed by atoms with E-state index in [0.717, 1.165) is 6.07 Å². The Morgan fingerprint density at radius 2 is 1.71 bits per heavy atom. The average molecular weight is 315 g/mol. The maximum Gasteiger partial charge on any atom is 0.319 e. The van der Waals surface area contributed by atoms with E-state index in [1.54, 1.807) is 19.0 Å². The van der Waals surface area contributed by atoms with Crippen LogP contribution in [-0.2, 0) is 10.0 Å². The normalized spacial score (nSPS) is 16.8. The van der Waals surface area contributed by atoms with E-state index in [4.69, 9.17) is 0 Å². The largest absolute Gasteiger partial charge is 0.331 e. The van der Waals surface area contributed by atoms with Crippen molar-refractivity contribution in [1.82, 2.24) is 14.1 Å². The number of piperazine rings is 1. The van der Waals surface area contributed by atoms with Crippen LogP contribution in [0.25, 0.3) is 0 Å². The summed E-state index contributed by atoms with van der Waals surface area (Å²) in [6.07, 6.45) is 0. The number of carbonyl (C=O) groups is 1. The molecular weight excluding hydrogens is 297 g/mol. The van der Waals surface area contributed by atoms with Gasteiger partial charge >= 0.3 is 6.03 Å². The number of halogens is 1. The number of hydrogen-bond donors (Lipinski definition) is 0. The van der Waals surface area contributed by atoms with Crippen molar-refractivity contribution in [3.05, 3.63) is 30.1 Å². The van der Waals surface area contributed by atoms with Gasteiger partial charge in [-0.15, -0.1) is 0 Å². The van der Waals surface area contributed by atoms with E-state index in [2.05, 4.69) is 0 Å². The second kappa shape index (κ2) is 5.98. The van der Waals surface area contributed by atoms with Gasteiger partial charge in [-0.3, -0.25) is 0 Å². The Bertz CT molecular complexity index is 625. The van der Waals surface area contributed by atoms with Gasteiger partial charge in [-0.2, -0.15) is 4.31 Å². The zero-order valence-electron chi connectivity index (χ0n) is 12.0. The maximum absolute atomic E-state index is 13.7. The lowest BCUT2D eigenvalue weighted by atomic mass is 10.3. The third kappa shape index (κ3) is 3.16. The van der Waals surface area contributed by atoms with Gasteiger partial charge in [0.05, 0.1) is 0 Å². The van der Waals surface area contributed by atoms with E-state index in [1.807, 2.05) is 0 Å². The number of rotatable bonds is 2. The molecule has 6 nitrogen and oxygen atoms in total. The lowest BCUT2D eigenvalue weighted by Gasteiger charge is -2.35. The molecule has 0 atom stereocenters. The van der Waals surface area contributed by atoms with Gasteiger partial charge in [-0.05, 0) is 12.1 Å². The third-order valence-electron chi connectivity index (χ3n) is 3.35. The molecule has 1 aromatic rings. The summed E-state index contributed by atoms with van der Waals surface area (Å²) in [6.45, 7) is 0.919. The minimum absolute atomic E-state index is 0.155. The molecule has 0 unspecified atom stereocenters. The molecule has 0 N–H and O–H groups in total.